The second-order valence-electron chi connectivity index (χ2n) is 6.05. The number of halogens is 3. The maximum absolute atomic E-state index is 13.3. The number of hydrogen-bond donors (Lipinski definition) is 1. The number of hydrogen-bond acceptors (Lipinski definition) is 3. The Morgan fingerprint density at radius 2 is 2.09 bits per heavy atom. The molecule has 7 heteroatoms. The van der Waals surface area contributed by atoms with E-state index in [4.69, 9.17) is 10.5 Å². The zero-order chi connectivity index (χ0) is 16.3. The van der Waals surface area contributed by atoms with Crippen molar-refractivity contribution in [2.75, 3.05) is 19.7 Å². The molecule has 0 saturated carbocycles. The van der Waals surface area contributed by atoms with Crippen LogP contribution in [0.2, 0.25) is 0 Å². The average molecular weight is 349 g/mol. The molecule has 1 aliphatic rings. The molecule has 0 aliphatic carbocycles. The third-order valence-electron chi connectivity index (χ3n) is 3.74. The van der Waals surface area contributed by atoms with E-state index in [1.807, 2.05) is 13.8 Å². The Bertz CT molecular complexity index is 543. The molecule has 2 rings (SSSR count). The summed E-state index contributed by atoms with van der Waals surface area (Å²) in [5.41, 5.74) is 6.46. The SMILES string of the molecule is CC(C)C[C@H](N)C(=O)N1CCOC(c2ccc(F)c(F)c2)C1.Cl. The summed E-state index contributed by atoms with van der Waals surface area (Å²) in [5, 5.41) is 0. The molecule has 0 spiro atoms. The van der Waals surface area contributed by atoms with E-state index >= 15 is 0 Å². The van der Waals surface area contributed by atoms with Crippen molar-refractivity contribution >= 4 is 18.3 Å². The lowest BCUT2D eigenvalue weighted by Gasteiger charge is -2.34. The molecule has 1 unspecified atom stereocenters. The quantitative estimate of drug-likeness (QED) is 0.910. The number of ether oxygens (including phenoxy) is 1. The van der Waals surface area contributed by atoms with Gasteiger partial charge in [0.15, 0.2) is 11.6 Å². The first-order valence-corrected chi connectivity index (χ1v) is 7.49. The van der Waals surface area contributed by atoms with Crippen LogP contribution in [0.4, 0.5) is 8.78 Å². The summed E-state index contributed by atoms with van der Waals surface area (Å²) in [5.74, 6) is -1.60. The number of nitrogens with zero attached hydrogens (tertiary/aromatic N) is 1. The minimum Gasteiger partial charge on any atom is -0.370 e. The number of amides is 1. The molecule has 1 heterocycles. The van der Waals surface area contributed by atoms with Gasteiger partial charge >= 0.3 is 0 Å². The van der Waals surface area contributed by atoms with Gasteiger partial charge in [-0.3, -0.25) is 4.79 Å². The zero-order valence-corrected chi connectivity index (χ0v) is 14.1. The minimum atomic E-state index is -0.916. The van der Waals surface area contributed by atoms with Crippen molar-refractivity contribution in [3.05, 3.63) is 35.4 Å². The highest BCUT2D eigenvalue weighted by molar-refractivity contribution is 5.85. The molecule has 2 N–H and O–H groups in total. The van der Waals surface area contributed by atoms with Crippen LogP contribution in [0, 0.1) is 17.6 Å². The highest BCUT2D eigenvalue weighted by atomic mass is 35.5. The van der Waals surface area contributed by atoms with E-state index in [9.17, 15) is 13.6 Å². The number of nitrogens with two attached hydrogens (primary N) is 1. The highest BCUT2D eigenvalue weighted by Crippen LogP contribution is 2.24. The summed E-state index contributed by atoms with van der Waals surface area (Å²) in [4.78, 5) is 14.0. The normalized spacial score (nSPS) is 19.4. The molecule has 4 nitrogen and oxygen atoms in total. The summed E-state index contributed by atoms with van der Waals surface area (Å²) in [6, 6.07) is 3.12. The van der Waals surface area contributed by atoms with Crippen molar-refractivity contribution < 1.29 is 18.3 Å². The Labute approximate surface area is 141 Å². The van der Waals surface area contributed by atoms with Crippen molar-refractivity contribution in [1.29, 1.82) is 0 Å². The number of carbonyl (C=O) groups excluding carboxylic acids is 1. The first-order valence-electron chi connectivity index (χ1n) is 7.49. The van der Waals surface area contributed by atoms with Crippen LogP contribution in [0.5, 0.6) is 0 Å². The zero-order valence-electron chi connectivity index (χ0n) is 13.3. The van der Waals surface area contributed by atoms with Crippen LogP contribution in [-0.4, -0.2) is 36.5 Å². The standard InChI is InChI=1S/C16H22F2N2O2.ClH/c1-10(2)7-14(19)16(21)20-5-6-22-15(9-20)11-3-4-12(17)13(18)8-11;/h3-4,8,10,14-15H,5-7,9,19H2,1-2H3;1H/t14-,15?;/m0./s1. The average Bonchev–Trinajstić information content (AvgIpc) is 2.48. The molecule has 130 valence electrons. The fourth-order valence-corrected chi connectivity index (χ4v) is 2.61. The Kier molecular flexibility index (Phi) is 7.38. The van der Waals surface area contributed by atoms with Crippen LogP contribution in [0.25, 0.3) is 0 Å². The monoisotopic (exact) mass is 348 g/mol. The van der Waals surface area contributed by atoms with Crippen molar-refractivity contribution in [3.8, 4) is 0 Å². The van der Waals surface area contributed by atoms with Crippen molar-refractivity contribution in [2.24, 2.45) is 11.7 Å². The van der Waals surface area contributed by atoms with Gasteiger partial charge in [-0.2, -0.15) is 0 Å². The van der Waals surface area contributed by atoms with Crippen LogP contribution < -0.4 is 5.73 Å². The Morgan fingerprint density at radius 3 is 2.70 bits per heavy atom. The molecule has 1 amide bonds. The van der Waals surface area contributed by atoms with Gasteiger partial charge in [0.1, 0.15) is 6.10 Å². The van der Waals surface area contributed by atoms with E-state index in [2.05, 4.69) is 0 Å². The van der Waals surface area contributed by atoms with E-state index in [1.54, 1.807) is 4.90 Å². The topological polar surface area (TPSA) is 55.6 Å². The number of morpholine rings is 1. The molecule has 1 fully saturated rings. The van der Waals surface area contributed by atoms with E-state index in [1.165, 1.54) is 6.07 Å². The lowest BCUT2D eigenvalue weighted by atomic mass is 10.0. The largest absolute Gasteiger partial charge is 0.370 e. The number of carbonyl (C=O) groups is 1. The molecular formula is C16H23ClF2N2O2. The Morgan fingerprint density at radius 1 is 1.39 bits per heavy atom. The maximum atomic E-state index is 13.3. The second kappa shape index (κ2) is 8.57. The number of benzene rings is 1. The smallest absolute Gasteiger partial charge is 0.239 e. The van der Waals surface area contributed by atoms with Crippen LogP contribution in [0.3, 0.4) is 0 Å². The van der Waals surface area contributed by atoms with Crippen LogP contribution in [-0.2, 0) is 9.53 Å². The van der Waals surface area contributed by atoms with E-state index in [0.29, 0.717) is 37.6 Å². The summed E-state index contributed by atoms with van der Waals surface area (Å²) < 4.78 is 31.9. The van der Waals surface area contributed by atoms with Gasteiger partial charge in [0.25, 0.3) is 0 Å². The molecule has 1 saturated heterocycles. The molecule has 2 atom stereocenters. The summed E-state index contributed by atoms with van der Waals surface area (Å²) in [6.45, 7) is 5.14. The lowest BCUT2D eigenvalue weighted by Crippen LogP contribution is -2.49. The van der Waals surface area contributed by atoms with Gasteiger partial charge in [-0.25, -0.2) is 8.78 Å². The van der Waals surface area contributed by atoms with E-state index in [0.717, 1.165) is 12.1 Å². The lowest BCUT2D eigenvalue weighted by molar-refractivity contribution is -0.140. The fourth-order valence-electron chi connectivity index (χ4n) is 2.61. The highest BCUT2D eigenvalue weighted by Gasteiger charge is 2.29. The number of rotatable bonds is 4. The third-order valence-corrected chi connectivity index (χ3v) is 3.74. The van der Waals surface area contributed by atoms with Gasteiger partial charge in [-0.1, -0.05) is 19.9 Å². The van der Waals surface area contributed by atoms with Gasteiger partial charge < -0.3 is 15.4 Å². The molecule has 0 aromatic heterocycles. The van der Waals surface area contributed by atoms with Gasteiger partial charge in [0.2, 0.25) is 5.91 Å². The molecular weight excluding hydrogens is 326 g/mol. The van der Waals surface area contributed by atoms with Gasteiger partial charge in [0.05, 0.1) is 19.2 Å². The third kappa shape index (κ3) is 5.12. The molecule has 1 aromatic rings. The first kappa shape index (κ1) is 19.8. The second-order valence-corrected chi connectivity index (χ2v) is 6.05. The van der Waals surface area contributed by atoms with Gasteiger partial charge in [-0.15, -0.1) is 12.4 Å². The van der Waals surface area contributed by atoms with Crippen LogP contribution in [0.1, 0.15) is 31.9 Å². The van der Waals surface area contributed by atoms with Crippen molar-refractivity contribution in [2.45, 2.75) is 32.4 Å². The Balaban J connectivity index is 0.00000264. The fraction of sp³-hybridized carbons (Fsp3) is 0.562. The summed E-state index contributed by atoms with van der Waals surface area (Å²) >= 11 is 0. The van der Waals surface area contributed by atoms with E-state index in [-0.39, 0.29) is 18.3 Å². The molecule has 1 aliphatic heterocycles. The molecule has 0 bridgehead atoms. The van der Waals surface area contributed by atoms with Crippen molar-refractivity contribution in [1.82, 2.24) is 4.90 Å². The van der Waals surface area contributed by atoms with Crippen molar-refractivity contribution in [3.63, 3.8) is 0 Å². The molecule has 0 radical (unpaired) electrons. The van der Waals surface area contributed by atoms with E-state index < -0.39 is 23.8 Å². The molecule has 23 heavy (non-hydrogen) atoms. The predicted molar refractivity (Wildman–Crippen MR) is 86.3 cm³/mol. The predicted octanol–water partition coefficient (Wildman–Crippen LogP) is 2.66. The first-order chi connectivity index (χ1) is 10.4. The molecule has 1 aromatic carbocycles. The minimum absolute atomic E-state index is 0. The van der Waals surface area contributed by atoms with Gasteiger partial charge in [0, 0.05) is 6.54 Å². The summed E-state index contributed by atoms with van der Waals surface area (Å²) in [6.07, 6.45) is 0.158. The van der Waals surface area contributed by atoms with Gasteiger partial charge in [-0.05, 0) is 30.0 Å². The summed E-state index contributed by atoms with van der Waals surface area (Å²) in [7, 11) is 0. The Hall–Kier alpha value is -1.24. The maximum Gasteiger partial charge on any atom is 0.239 e. The van der Waals surface area contributed by atoms with Crippen LogP contribution in [0.15, 0.2) is 18.2 Å². The van der Waals surface area contributed by atoms with Crippen LogP contribution >= 0.6 is 12.4 Å².